The first kappa shape index (κ1) is 55.6. The van der Waals surface area contributed by atoms with E-state index in [0.717, 1.165) is 70.6 Å². The van der Waals surface area contributed by atoms with Crippen LogP contribution in [0.3, 0.4) is 0 Å². The molecule has 0 saturated heterocycles. The van der Waals surface area contributed by atoms with Crippen LogP contribution < -0.4 is 0 Å². The molecule has 0 aromatic rings. The van der Waals surface area contributed by atoms with Gasteiger partial charge in [0.2, 0.25) is 0 Å². The average Bonchev–Trinajstić information content (AvgIpc) is 3.22. The Balaban J connectivity index is 4.27. The third-order valence-electron chi connectivity index (χ3n) is 10.9. The van der Waals surface area contributed by atoms with E-state index in [1.54, 1.807) is 0 Å². The summed E-state index contributed by atoms with van der Waals surface area (Å²) in [5.74, 6) is -0.886. The van der Waals surface area contributed by atoms with Crippen molar-refractivity contribution in [1.29, 1.82) is 0 Å². The summed E-state index contributed by atoms with van der Waals surface area (Å²) in [6.45, 7) is 6.57. The standard InChI is InChI=1S/C52H94O6/c1-4-7-10-13-16-19-21-23-24-25-26-27-28-30-31-33-36-39-42-45-51(54)57-48-49(47-56-50(53)44-41-38-35-18-15-12-9-6-3)58-52(55)46-43-40-37-34-32-29-22-20-17-14-11-8-5-2/h16,19-20,22-24,49H,4-15,17-18,21,25-48H2,1-3H3/b19-16-,22-20-,24-23-. The molecule has 0 aliphatic rings. The number of carbonyl (C=O) groups is 3. The smallest absolute Gasteiger partial charge is 0.306 e. The molecule has 0 heterocycles. The van der Waals surface area contributed by atoms with Gasteiger partial charge in [-0.1, -0.05) is 198 Å². The van der Waals surface area contributed by atoms with Crippen LogP contribution in [0, 0.1) is 0 Å². The fourth-order valence-electron chi connectivity index (χ4n) is 7.05. The molecular formula is C52H94O6. The highest BCUT2D eigenvalue weighted by Gasteiger charge is 2.19. The van der Waals surface area contributed by atoms with Crippen molar-refractivity contribution in [3.05, 3.63) is 36.5 Å². The van der Waals surface area contributed by atoms with Gasteiger partial charge in [-0.3, -0.25) is 14.4 Å². The molecule has 0 radical (unpaired) electrons. The van der Waals surface area contributed by atoms with Gasteiger partial charge in [0.25, 0.3) is 0 Å². The SMILES string of the molecule is CCCCC/C=C\C/C=C\CCCCCCCCCCCC(=O)OCC(COC(=O)CCCCCCCCCC)OC(=O)CCCCCCC/C=C\CCCCCC. The maximum atomic E-state index is 12.7. The molecule has 0 rings (SSSR count). The van der Waals surface area contributed by atoms with Crippen LogP contribution in [0.1, 0.15) is 258 Å². The highest BCUT2D eigenvalue weighted by Crippen LogP contribution is 2.15. The maximum absolute atomic E-state index is 12.7. The first-order valence-corrected chi connectivity index (χ1v) is 25.0. The van der Waals surface area contributed by atoms with Crippen LogP contribution in [-0.2, 0) is 28.6 Å². The molecular weight excluding hydrogens is 721 g/mol. The summed E-state index contributed by atoms with van der Waals surface area (Å²) in [6, 6.07) is 0. The minimum atomic E-state index is -0.772. The zero-order valence-corrected chi connectivity index (χ0v) is 38.6. The Morgan fingerprint density at radius 3 is 1.02 bits per heavy atom. The van der Waals surface area contributed by atoms with Gasteiger partial charge in [0.05, 0.1) is 0 Å². The van der Waals surface area contributed by atoms with Crippen LogP contribution in [0.5, 0.6) is 0 Å². The van der Waals surface area contributed by atoms with Crippen molar-refractivity contribution in [2.75, 3.05) is 13.2 Å². The number of carbonyl (C=O) groups excluding carboxylic acids is 3. The Morgan fingerprint density at radius 2 is 0.621 bits per heavy atom. The topological polar surface area (TPSA) is 78.9 Å². The predicted octanol–water partition coefficient (Wildman–Crippen LogP) is 16.1. The molecule has 58 heavy (non-hydrogen) atoms. The van der Waals surface area contributed by atoms with Crippen LogP contribution in [0.4, 0.5) is 0 Å². The molecule has 0 spiro atoms. The summed E-state index contributed by atoms with van der Waals surface area (Å²) in [6.07, 6.45) is 54.2. The van der Waals surface area contributed by atoms with Crippen LogP contribution in [-0.4, -0.2) is 37.2 Å². The second kappa shape index (κ2) is 47.3. The lowest BCUT2D eigenvalue weighted by Crippen LogP contribution is -2.30. The summed E-state index contributed by atoms with van der Waals surface area (Å²) < 4.78 is 16.7. The number of esters is 3. The van der Waals surface area contributed by atoms with Gasteiger partial charge in [-0.2, -0.15) is 0 Å². The summed E-state index contributed by atoms with van der Waals surface area (Å²) in [7, 11) is 0. The van der Waals surface area contributed by atoms with E-state index in [1.165, 1.54) is 148 Å². The molecule has 6 heteroatoms. The molecule has 1 atom stereocenters. The Morgan fingerprint density at radius 1 is 0.345 bits per heavy atom. The number of hydrogen-bond donors (Lipinski definition) is 0. The summed E-state index contributed by atoms with van der Waals surface area (Å²) in [5, 5.41) is 0. The fraction of sp³-hybridized carbons (Fsp3) is 0.827. The second-order valence-corrected chi connectivity index (χ2v) is 16.7. The van der Waals surface area contributed by atoms with Crippen molar-refractivity contribution in [2.45, 2.75) is 264 Å². The number of allylic oxidation sites excluding steroid dienone is 6. The van der Waals surface area contributed by atoms with E-state index in [1.807, 2.05) is 0 Å². The summed E-state index contributed by atoms with van der Waals surface area (Å²) >= 11 is 0. The third-order valence-corrected chi connectivity index (χ3v) is 10.9. The van der Waals surface area contributed by atoms with Gasteiger partial charge >= 0.3 is 17.9 Å². The second-order valence-electron chi connectivity index (χ2n) is 16.7. The van der Waals surface area contributed by atoms with Gasteiger partial charge < -0.3 is 14.2 Å². The lowest BCUT2D eigenvalue weighted by atomic mass is 10.1. The first-order valence-electron chi connectivity index (χ1n) is 25.0. The van der Waals surface area contributed by atoms with E-state index in [-0.39, 0.29) is 31.1 Å². The molecule has 0 aromatic heterocycles. The summed E-state index contributed by atoms with van der Waals surface area (Å²) in [4.78, 5) is 37.8. The number of hydrogen-bond acceptors (Lipinski definition) is 6. The van der Waals surface area contributed by atoms with Crippen molar-refractivity contribution in [1.82, 2.24) is 0 Å². The van der Waals surface area contributed by atoms with E-state index in [2.05, 4.69) is 57.2 Å². The lowest BCUT2D eigenvalue weighted by molar-refractivity contribution is -0.167. The van der Waals surface area contributed by atoms with Crippen molar-refractivity contribution in [2.24, 2.45) is 0 Å². The minimum Gasteiger partial charge on any atom is -0.462 e. The molecule has 0 saturated carbocycles. The van der Waals surface area contributed by atoms with E-state index in [9.17, 15) is 14.4 Å². The van der Waals surface area contributed by atoms with Gasteiger partial charge in [-0.05, 0) is 77.0 Å². The Kier molecular flexibility index (Phi) is 45.4. The van der Waals surface area contributed by atoms with Gasteiger partial charge in [0, 0.05) is 19.3 Å². The maximum Gasteiger partial charge on any atom is 0.306 e. The Hall–Kier alpha value is -2.37. The highest BCUT2D eigenvalue weighted by molar-refractivity contribution is 5.71. The van der Waals surface area contributed by atoms with Crippen LogP contribution in [0.2, 0.25) is 0 Å². The number of ether oxygens (including phenoxy) is 3. The number of unbranched alkanes of at least 4 members (excludes halogenated alkanes) is 28. The molecule has 0 fully saturated rings. The molecule has 0 bridgehead atoms. The van der Waals surface area contributed by atoms with Gasteiger partial charge in [0.15, 0.2) is 6.10 Å². The van der Waals surface area contributed by atoms with Crippen molar-refractivity contribution < 1.29 is 28.6 Å². The molecule has 1 unspecified atom stereocenters. The average molecular weight is 815 g/mol. The van der Waals surface area contributed by atoms with Crippen LogP contribution in [0.25, 0.3) is 0 Å². The zero-order chi connectivity index (χ0) is 42.3. The zero-order valence-electron chi connectivity index (χ0n) is 38.6. The monoisotopic (exact) mass is 815 g/mol. The minimum absolute atomic E-state index is 0.0749. The van der Waals surface area contributed by atoms with Crippen LogP contribution >= 0.6 is 0 Å². The molecule has 0 N–H and O–H groups in total. The molecule has 6 nitrogen and oxygen atoms in total. The largest absolute Gasteiger partial charge is 0.462 e. The third kappa shape index (κ3) is 44.7. The summed E-state index contributed by atoms with van der Waals surface area (Å²) in [5.41, 5.74) is 0. The van der Waals surface area contributed by atoms with E-state index < -0.39 is 6.10 Å². The number of rotatable bonds is 45. The highest BCUT2D eigenvalue weighted by atomic mass is 16.6. The quantitative estimate of drug-likeness (QED) is 0.0264. The van der Waals surface area contributed by atoms with E-state index >= 15 is 0 Å². The van der Waals surface area contributed by atoms with Crippen molar-refractivity contribution in [3.63, 3.8) is 0 Å². The van der Waals surface area contributed by atoms with E-state index in [0.29, 0.717) is 19.3 Å². The van der Waals surface area contributed by atoms with Crippen LogP contribution in [0.15, 0.2) is 36.5 Å². The fourth-order valence-corrected chi connectivity index (χ4v) is 7.05. The molecule has 338 valence electrons. The predicted molar refractivity (Wildman–Crippen MR) is 247 cm³/mol. The molecule has 0 aromatic carbocycles. The van der Waals surface area contributed by atoms with Crippen molar-refractivity contribution in [3.8, 4) is 0 Å². The molecule has 0 aliphatic heterocycles. The lowest BCUT2D eigenvalue weighted by Gasteiger charge is -2.18. The van der Waals surface area contributed by atoms with E-state index in [4.69, 9.17) is 14.2 Å². The molecule has 0 amide bonds. The Bertz CT molecular complexity index is 984. The molecule has 0 aliphatic carbocycles. The first-order chi connectivity index (χ1) is 28.5. The van der Waals surface area contributed by atoms with Gasteiger partial charge in [-0.15, -0.1) is 0 Å². The van der Waals surface area contributed by atoms with Gasteiger partial charge in [0.1, 0.15) is 13.2 Å². The normalized spacial score (nSPS) is 12.3. The van der Waals surface area contributed by atoms with Crippen molar-refractivity contribution >= 4 is 17.9 Å². The van der Waals surface area contributed by atoms with Gasteiger partial charge in [-0.25, -0.2) is 0 Å². The Labute approximate surface area is 359 Å².